The van der Waals surface area contributed by atoms with Gasteiger partial charge in [-0.15, -0.1) is 0 Å². The summed E-state index contributed by atoms with van der Waals surface area (Å²) in [5.41, 5.74) is 2.63. The summed E-state index contributed by atoms with van der Waals surface area (Å²) < 4.78 is 1.51. The smallest absolute Gasteiger partial charge is 0.268 e. The van der Waals surface area contributed by atoms with Crippen LogP contribution in [0.15, 0.2) is 83.9 Å². The van der Waals surface area contributed by atoms with E-state index in [0.29, 0.717) is 16.5 Å². The minimum Gasteiger partial charge on any atom is -0.356 e. The van der Waals surface area contributed by atoms with E-state index in [1.807, 2.05) is 36.4 Å². The first-order valence-corrected chi connectivity index (χ1v) is 9.67. The second-order valence-corrected chi connectivity index (χ2v) is 7.27. The number of nitrogens with one attached hydrogen (secondary N) is 2. The van der Waals surface area contributed by atoms with Crippen molar-refractivity contribution in [1.82, 2.24) is 14.9 Å². The van der Waals surface area contributed by atoms with Gasteiger partial charge >= 0.3 is 0 Å². The van der Waals surface area contributed by atoms with Crippen LogP contribution in [0.1, 0.15) is 21.6 Å². The predicted octanol–water partition coefficient (Wildman–Crippen LogP) is 3.45. The first kappa shape index (κ1) is 18.7. The molecule has 29 heavy (non-hydrogen) atoms. The number of aromatic nitrogens is 2. The Balaban J connectivity index is 1.60. The molecule has 0 saturated heterocycles. The lowest BCUT2D eigenvalue weighted by atomic mass is 9.98. The fourth-order valence-corrected chi connectivity index (χ4v) is 3.65. The van der Waals surface area contributed by atoms with Gasteiger partial charge in [-0.2, -0.15) is 0 Å². The average molecular weight is 385 g/mol. The molecule has 0 unspecified atom stereocenters. The molecule has 0 radical (unpaired) electrons. The topological polar surface area (TPSA) is 66.9 Å². The van der Waals surface area contributed by atoms with Crippen molar-refractivity contribution in [2.24, 2.45) is 7.05 Å². The molecule has 0 saturated carbocycles. The molecule has 0 aliphatic carbocycles. The zero-order valence-electron chi connectivity index (χ0n) is 16.3. The highest BCUT2D eigenvalue weighted by molar-refractivity contribution is 6.05. The van der Waals surface area contributed by atoms with Gasteiger partial charge in [-0.25, -0.2) is 0 Å². The third-order valence-corrected chi connectivity index (χ3v) is 5.15. The highest BCUT2D eigenvalue weighted by atomic mass is 16.2. The molecular formula is C24H23N3O2. The second kappa shape index (κ2) is 8.19. The van der Waals surface area contributed by atoms with Crippen molar-refractivity contribution in [3.63, 3.8) is 0 Å². The fourth-order valence-electron chi connectivity index (χ4n) is 3.65. The molecule has 0 spiro atoms. The summed E-state index contributed by atoms with van der Waals surface area (Å²) in [6.45, 7) is 0. The van der Waals surface area contributed by atoms with Crippen LogP contribution in [0, 0.1) is 0 Å². The summed E-state index contributed by atoms with van der Waals surface area (Å²) in [6.07, 6.45) is 4.74. The number of amides is 1. The van der Waals surface area contributed by atoms with Crippen LogP contribution in [-0.2, 0) is 19.9 Å². The van der Waals surface area contributed by atoms with E-state index in [2.05, 4.69) is 34.6 Å². The Morgan fingerprint density at radius 2 is 1.52 bits per heavy atom. The van der Waals surface area contributed by atoms with Crippen molar-refractivity contribution < 1.29 is 4.79 Å². The van der Waals surface area contributed by atoms with E-state index < -0.39 is 0 Å². The maximum Gasteiger partial charge on any atom is 0.268 e. The van der Waals surface area contributed by atoms with Crippen LogP contribution in [-0.4, -0.2) is 21.5 Å². The third-order valence-electron chi connectivity index (χ3n) is 5.15. The van der Waals surface area contributed by atoms with Crippen LogP contribution in [0.2, 0.25) is 0 Å². The number of hydrogen-bond acceptors (Lipinski definition) is 2. The van der Waals surface area contributed by atoms with E-state index in [4.69, 9.17) is 0 Å². The Kier molecular flexibility index (Phi) is 5.29. The van der Waals surface area contributed by atoms with Gasteiger partial charge in [0.1, 0.15) is 5.69 Å². The van der Waals surface area contributed by atoms with Crippen molar-refractivity contribution in [2.75, 3.05) is 0 Å². The number of hydrogen-bond donors (Lipinski definition) is 2. The number of H-pyrrole nitrogens is 1. The number of aromatic amines is 1. The zero-order chi connectivity index (χ0) is 20.2. The van der Waals surface area contributed by atoms with Crippen LogP contribution in [0.5, 0.6) is 0 Å². The van der Waals surface area contributed by atoms with Crippen LogP contribution in [0.25, 0.3) is 10.8 Å². The van der Waals surface area contributed by atoms with E-state index in [0.717, 1.165) is 12.8 Å². The molecule has 2 N–H and O–H groups in total. The normalized spacial score (nSPS) is 11.1. The van der Waals surface area contributed by atoms with E-state index in [9.17, 15) is 9.59 Å². The molecule has 0 aliphatic rings. The van der Waals surface area contributed by atoms with E-state index >= 15 is 0 Å². The summed E-state index contributed by atoms with van der Waals surface area (Å²) in [6, 6.07) is 22.0. The maximum atomic E-state index is 13.1. The van der Waals surface area contributed by atoms with Crippen LogP contribution in [0.3, 0.4) is 0 Å². The molecule has 0 bridgehead atoms. The highest BCUT2D eigenvalue weighted by Crippen LogP contribution is 2.16. The first-order valence-electron chi connectivity index (χ1n) is 9.67. The monoisotopic (exact) mass is 385 g/mol. The Morgan fingerprint density at radius 1 is 0.931 bits per heavy atom. The van der Waals surface area contributed by atoms with Crippen molar-refractivity contribution in [3.8, 4) is 0 Å². The maximum absolute atomic E-state index is 13.1. The van der Waals surface area contributed by atoms with E-state index in [1.54, 1.807) is 25.5 Å². The standard InChI is InChI=1S/C24H23N3O2/c1-27-13-12-20-21(24(27)29)16-25-22(20)23(28)26-19(14-17-8-4-2-5-9-17)15-18-10-6-3-7-11-18/h2-13,16,19,25H,14-15H2,1H3,(H,26,28). The average Bonchev–Trinajstić information content (AvgIpc) is 3.17. The molecule has 0 fully saturated rings. The number of aryl methyl sites for hydroxylation is 1. The molecule has 0 aliphatic heterocycles. The lowest BCUT2D eigenvalue weighted by molar-refractivity contribution is 0.0934. The molecule has 2 heterocycles. The number of carbonyl (C=O) groups is 1. The molecular weight excluding hydrogens is 362 g/mol. The number of pyridine rings is 1. The molecule has 2 aromatic heterocycles. The van der Waals surface area contributed by atoms with Crippen LogP contribution < -0.4 is 10.9 Å². The Hall–Kier alpha value is -3.60. The number of carbonyl (C=O) groups excluding carboxylic acids is 1. The largest absolute Gasteiger partial charge is 0.356 e. The Bertz CT molecular complexity index is 1140. The summed E-state index contributed by atoms with van der Waals surface area (Å²) in [5, 5.41) is 4.32. The second-order valence-electron chi connectivity index (χ2n) is 7.27. The van der Waals surface area contributed by atoms with Gasteiger partial charge in [-0.05, 0) is 30.0 Å². The quantitative estimate of drug-likeness (QED) is 0.534. The van der Waals surface area contributed by atoms with Gasteiger partial charge in [-0.3, -0.25) is 9.59 Å². The van der Waals surface area contributed by atoms with Crippen LogP contribution >= 0.6 is 0 Å². The molecule has 0 atom stereocenters. The number of nitrogens with zero attached hydrogens (tertiary/aromatic N) is 1. The SMILES string of the molecule is Cn1ccc2c(C(=O)NC(Cc3ccccc3)Cc3ccccc3)[nH]cc2c1=O. The Morgan fingerprint density at radius 3 is 2.10 bits per heavy atom. The molecule has 4 rings (SSSR count). The van der Waals surface area contributed by atoms with E-state index in [-0.39, 0.29) is 17.5 Å². The van der Waals surface area contributed by atoms with Gasteiger partial charge in [0, 0.05) is 30.9 Å². The van der Waals surface area contributed by atoms with Crippen molar-refractivity contribution in [2.45, 2.75) is 18.9 Å². The third kappa shape index (κ3) is 4.14. The van der Waals surface area contributed by atoms with Gasteiger partial charge in [-0.1, -0.05) is 60.7 Å². The van der Waals surface area contributed by atoms with Gasteiger partial charge in [0.15, 0.2) is 0 Å². The fraction of sp³-hybridized carbons (Fsp3) is 0.167. The number of benzene rings is 2. The van der Waals surface area contributed by atoms with Crippen molar-refractivity contribution >= 4 is 16.7 Å². The summed E-state index contributed by atoms with van der Waals surface area (Å²) in [7, 11) is 1.70. The molecule has 4 aromatic rings. The Labute approximate surface area is 169 Å². The van der Waals surface area contributed by atoms with Crippen LogP contribution in [0.4, 0.5) is 0 Å². The zero-order valence-corrected chi connectivity index (χ0v) is 16.3. The molecule has 5 nitrogen and oxygen atoms in total. The van der Waals surface area contributed by atoms with Crippen molar-refractivity contribution in [3.05, 3.63) is 106 Å². The molecule has 146 valence electrons. The summed E-state index contributed by atoms with van der Waals surface area (Å²) in [4.78, 5) is 28.3. The molecule has 2 aromatic carbocycles. The van der Waals surface area contributed by atoms with Gasteiger partial charge in [0.25, 0.3) is 11.5 Å². The van der Waals surface area contributed by atoms with E-state index in [1.165, 1.54) is 15.7 Å². The summed E-state index contributed by atoms with van der Waals surface area (Å²) in [5.74, 6) is -0.204. The molecule has 1 amide bonds. The first-order chi connectivity index (χ1) is 14.1. The predicted molar refractivity (Wildman–Crippen MR) is 115 cm³/mol. The highest BCUT2D eigenvalue weighted by Gasteiger charge is 2.19. The van der Waals surface area contributed by atoms with Crippen molar-refractivity contribution in [1.29, 1.82) is 0 Å². The number of fused-ring (bicyclic) bond motifs is 1. The minimum atomic E-state index is -0.204. The summed E-state index contributed by atoms with van der Waals surface area (Å²) >= 11 is 0. The lowest BCUT2D eigenvalue weighted by Crippen LogP contribution is -2.38. The minimum absolute atomic E-state index is 0.0720. The lowest BCUT2D eigenvalue weighted by Gasteiger charge is -2.19. The number of rotatable bonds is 6. The van der Waals surface area contributed by atoms with Gasteiger partial charge in [0.05, 0.1) is 5.39 Å². The van der Waals surface area contributed by atoms with Gasteiger partial charge < -0.3 is 14.9 Å². The molecule has 5 heteroatoms. The van der Waals surface area contributed by atoms with Gasteiger partial charge in [0.2, 0.25) is 0 Å².